The van der Waals surface area contributed by atoms with Crippen LogP contribution in [0.15, 0.2) is 0 Å². The second-order valence-corrected chi connectivity index (χ2v) is 19.8. The monoisotopic (exact) mass is 870 g/mol. The Morgan fingerprint density at radius 2 is 0.406 bits per heavy atom. The van der Waals surface area contributed by atoms with Gasteiger partial charge in [0, 0.05) is 0 Å². The van der Waals surface area contributed by atoms with Gasteiger partial charge in [-0.05, 0) is 0 Å². The molecule has 0 aromatic heterocycles. The first-order valence-corrected chi connectivity index (χ1v) is 14.4. The van der Waals surface area contributed by atoms with Gasteiger partial charge in [0.2, 0.25) is 12.5 Å². The molecule has 193 valence electrons. The summed E-state index contributed by atoms with van der Waals surface area (Å²) in [7, 11) is 0. The molecule has 0 saturated heterocycles. The predicted molar refractivity (Wildman–Crippen MR) is 151 cm³/mol. The molecule has 32 heavy (non-hydrogen) atoms. The zero-order valence-electron chi connectivity index (χ0n) is 13.3. The first-order chi connectivity index (χ1) is 13.2. The zero-order valence-corrected chi connectivity index (χ0v) is 29.2. The summed E-state index contributed by atoms with van der Waals surface area (Å²) in [6, 6.07) is 0. The molecule has 0 aromatic carbocycles. The van der Waals surface area contributed by atoms with E-state index >= 15 is 0 Å². The molecule has 0 fully saturated rings. The average molecular weight is 881 g/mol. The van der Waals surface area contributed by atoms with E-state index in [0.717, 1.165) is 0 Å². The van der Waals surface area contributed by atoms with Crippen LogP contribution in [0.3, 0.4) is 0 Å². The van der Waals surface area contributed by atoms with Crippen molar-refractivity contribution >= 4 is 244 Å². The highest BCUT2D eigenvalue weighted by Gasteiger charge is 2.83. The summed E-state index contributed by atoms with van der Waals surface area (Å²) in [5, 5.41) is 12.0. The minimum Gasteiger partial charge on any atom is -0.190 e. The number of hydrogen-bond donors (Lipinski definition) is 0. The second-order valence-electron chi connectivity index (χ2n) is 5.61. The van der Waals surface area contributed by atoms with Crippen LogP contribution in [0.5, 0.6) is 0 Å². The molecule has 0 bridgehead atoms. The minimum atomic E-state index is -3.40. The van der Waals surface area contributed by atoms with Gasteiger partial charge in [-0.2, -0.15) is 5.11 Å². The molecule has 0 saturated carbocycles. The van der Waals surface area contributed by atoms with Crippen molar-refractivity contribution in [3.63, 3.8) is 0 Å². The Hall–Kier alpha value is 6.05. The van der Waals surface area contributed by atoms with Crippen LogP contribution in [0.2, 0.25) is 0 Å². The maximum Gasteiger partial charge on any atom is 0.286 e. The van der Waals surface area contributed by atoms with Gasteiger partial charge in [-0.3, -0.25) is 0 Å². The highest BCUT2D eigenvalue weighted by atomic mass is 35.6. The molecule has 1 nitrogen and oxygen atoms in total. The summed E-state index contributed by atoms with van der Waals surface area (Å²) in [6.07, 6.45) is 0. The molecule has 22 heteroatoms. The molecular weight excluding hydrogens is 881 g/mol. The van der Waals surface area contributed by atoms with Gasteiger partial charge in [0.05, 0.1) is 0 Å². The van der Waals surface area contributed by atoms with Crippen LogP contribution in [0.4, 0.5) is 0 Å². The fraction of sp³-hybridized carbons (Fsp3) is 1.00. The van der Waals surface area contributed by atoms with Crippen molar-refractivity contribution < 1.29 is 5.11 Å². The largest absolute Gasteiger partial charge is 0.286 e. The average Bonchev–Trinajstić information content (AvgIpc) is 2.51. The first-order valence-electron chi connectivity index (χ1n) is 6.42. The van der Waals surface area contributed by atoms with Crippen molar-refractivity contribution in [1.82, 2.24) is 0 Å². The molecule has 0 aliphatic rings. The van der Waals surface area contributed by atoms with Crippen LogP contribution < -0.4 is 0 Å². The number of alkyl halides is 21. The van der Waals surface area contributed by atoms with Crippen LogP contribution in [-0.4, -0.2) is 43.0 Å². The fourth-order valence-corrected chi connectivity index (χ4v) is 7.85. The lowest BCUT2D eigenvalue weighted by Gasteiger charge is -2.55. The van der Waals surface area contributed by atoms with E-state index in [2.05, 4.69) is 0 Å². The van der Waals surface area contributed by atoms with Gasteiger partial charge in [-0.1, -0.05) is 244 Å². The maximum absolute atomic E-state index is 12.0. The molecule has 0 aliphatic carbocycles. The van der Waals surface area contributed by atoms with Gasteiger partial charge in [-0.25, -0.2) is 0 Å². The van der Waals surface area contributed by atoms with E-state index in [0.29, 0.717) is 0 Å². The maximum atomic E-state index is 12.0. The quantitative estimate of drug-likeness (QED) is 0.217. The van der Waals surface area contributed by atoms with Crippen molar-refractivity contribution in [2.45, 2.75) is 43.0 Å². The molecule has 0 aromatic rings. The summed E-state index contributed by atoms with van der Waals surface area (Å²) >= 11 is 125. The molecule has 1 radical (unpaired) electrons. The van der Waals surface area contributed by atoms with E-state index in [-0.39, 0.29) is 0 Å². The van der Waals surface area contributed by atoms with Crippen molar-refractivity contribution in [2.24, 2.45) is 0 Å². The van der Waals surface area contributed by atoms with Crippen molar-refractivity contribution in [3.05, 3.63) is 0 Å². The van der Waals surface area contributed by atoms with E-state index in [1.54, 1.807) is 0 Å². The topological polar surface area (TPSA) is 19.9 Å². The standard InChI is InChI=1S/C10Cl21O/c11-1(12,3(15,16)5(19,20)7(23,24)9(27,28)29)2(13,14)4(17,18)6(21,22)8(25,26)10(30,31)32. The third-order valence-corrected chi connectivity index (χ3v) is 17.6. The van der Waals surface area contributed by atoms with Gasteiger partial charge < -0.3 is 0 Å². The first kappa shape index (κ1) is 38.0. The molecule has 0 atom stereocenters. The second kappa shape index (κ2) is 11.0. The highest BCUT2D eigenvalue weighted by molar-refractivity contribution is 6.83. The lowest BCUT2D eigenvalue weighted by Crippen LogP contribution is -2.72. The third kappa shape index (κ3) is 5.84. The van der Waals surface area contributed by atoms with Crippen molar-refractivity contribution in [2.75, 3.05) is 0 Å². The van der Waals surface area contributed by atoms with Crippen molar-refractivity contribution in [3.8, 4) is 0 Å². The molecule has 0 amide bonds. The Labute approximate surface area is 287 Å². The van der Waals surface area contributed by atoms with Gasteiger partial charge in [0.1, 0.15) is 0 Å². The van der Waals surface area contributed by atoms with E-state index in [1.807, 2.05) is 0 Å². The van der Waals surface area contributed by atoms with E-state index in [4.69, 9.17) is 244 Å². The van der Waals surface area contributed by atoms with E-state index in [9.17, 15) is 5.11 Å². The van der Waals surface area contributed by atoms with Crippen LogP contribution in [0, 0.1) is 0 Å². The SMILES string of the molecule is [O]C(Cl)(Cl)C(Cl)(Cl)C(Cl)(Cl)C(Cl)(Cl)C(Cl)(Cl)C(Cl)(Cl)C(Cl)(Cl)C(Cl)(Cl)C(Cl)(Cl)C(Cl)(Cl)Cl. The van der Waals surface area contributed by atoms with Gasteiger partial charge in [-0.15, -0.1) is 0 Å². The number of halogens is 21. The predicted octanol–water partition coefficient (Wildman–Crippen LogP) is 12.3. The summed E-state index contributed by atoms with van der Waals surface area (Å²) in [6.45, 7) is 0. The van der Waals surface area contributed by atoms with Gasteiger partial charge >= 0.3 is 0 Å². The normalized spacial score (nSPS) is 17.1. The lowest BCUT2D eigenvalue weighted by atomic mass is 10.0. The Kier molecular flexibility index (Phi) is 13.1. The van der Waals surface area contributed by atoms with E-state index < -0.39 is 43.0 Å². The Morgan fingerprint density at radius 1 is 0.250 bits per heavy atom. The summed E-state index contributed by atoms with van der Waals surface area (Å²) in [5.74, 6) is 0. The smallest absolute Gasteiger partial charge is 0.190 e. The Bertz CT molecular complexity index is 632. The molecule has 0 N–H and O–H groups in total. The summed E-state index contributed by atoms with van der Waals surface area (Å²) in [5.41, 5.74) is 0. The van der Waals surface area contributed by atoms with Gasteiger partial charge in [0.15, 0.2) is 26.0 Å². The summed E-state index contributed by atoms with van der Waals surface area (Å²) in [4.78, 5) is 0. The minimum absolute atomic E-state index is 2.71. The number of hydrogen-bond acceptors (Lipinski definition) is 0. The Balaban J connectivity index is 7.00. The molecule has 0 rings (SSSR count). The summed E-state index contributed by atoms with van der Waals surface area (Å²) < 4.78 is -31.5. The molecule has 0 unspecified atom stereocenters. The van der Waals surface area contributed by atoms with Gasteiger partial charge in [0.25, 0.3) is 4.52 Å². The van der Waals surface area contributed by atoms with Crippen LogP contribution in [0.1, 0.15) is 0 Å². The van der Waals surface area contributed by atoms with Crippen molar-refractivity contribution in [1.29, 1.82) is 0 Å². The molecule has 0 spiro atoms. The van der Waals surface area contributed by atoms with Crippen LogP contribution in [-0.2, 0) is 5.11 Å². The fourth-order valence-electron chi connectivity index (χ4n) is 1.54. The van der Waals surface area contributed by atoms with E-state index in [1.165, 1.54) is 0 Å². The molecule has 0 aliphatic heterocycles. The van der Waals surface area contributed by atoms with Crippen LogP contribution >= 0.6 is 244 Å². The van der Waals surface area contributed by atoms with Crippen LogP contribution in [0.25, 0.3) is 0 Å². The zero-order chi connectivity index (χ0) is 27.0. The third-order valence-electron chi connectivity index (χ3n) is 3.48. The highest BCUT2D eigenvalue weighted by Crippen LogP contribution is 2.74. The molecular formula is C10Cl21O. The molecule has 0 heterocycles. The Morgan fingerprint density at radius 3 is 0.562 bits per heavy atom. The number of rotatable bonds is 8. The lowest BCUT2D eigenvalue weighted by molar-refractivity contribution is 0.0980.